The van der Waals surface area contributed by atoms with Crippen molar-refractivity contribution in [3.8, 4) is 0 Å². The minimum Gasteiger partial charge on any atom is -0.480 e. The Hall–Kier alpha value is -2.68. The van der Waals surface area contributed by atoms with Crippen LogP contribution in [0.5, 0.6) is 0 Å². The van der Waals surface area contributed by atoms with E-state index in [1.54, 1.807) is 23.6 Å². The number of thiophene rings is 1. The summed E-state index contributed by atoms with van der Waals surface area (Å²) in [6, 6.07) is 9.01. The van der Waals surface area contributed by atoms with Crippen LogP contribution in [0.15, 0.2) is 41.9 Å². The molecule has 1 fully saturated rings. The Bertz CT molecular complexity index is 1010. The number of carbonyl (C=O) groups is 2. The van der Waals surface area contributed by atoms with Gasteiger partial charge in [-0.3, -0.25) is 19.4 Å². The molecule has 0 spiro atoms. The van der Waals surface area contributed by atoms with Crippen molar-refractivity contribution in [2.24, 2.45) is 0 Å². The summed E-state index contributed by atoms with van der Waals surface area (Å²) in [5.41, 5.74) is 2.26. The number of carboxylic acid groups (broad SMARTS) is 1. The third-order valence-electron chi connectivity index (χ3n) is 5.29. The van der Waals surface area contributed by atoms with Gasteiger partial charge in [-0.15, -0.1) is 11.3 Å². The third-order valence-corrected chi connectivity index (χ3v) is 6.16. The lowest BCUT2D eigenvalue weighted by atomic mass is 10.0. The number of benzene rings is 1. The summed E-state index contributed by atoms with van der Waals surface area (Å²) < 4.78 is 0. The maximum atomic E-state index is 12.2. The number of hydrogen-bond donors (Lipinski definition) is 3. The van der Waals surface area contributed by atoms with E-state index in [1.807, 2.05) is 17.0 Å². The molecule has 4 rings (SSSR count). The Morgan fingerprint density at radius 2 is 2.03 bits per heavy atom. The molecule has 1 atom stereocenters. The van der Waals surface area contributed by atoms with E-state index in [0.29, 0.717) is 18.8 Å². The molecule has 1 aliphatic heterocycles. The smallest absolute Gasteiger partial charge is 0.325 e. The summed E-state index contributed by atoms with van der Waals surface area (Å²) in [5, 5.41) is 15.7. The summed E-state index contributed by atoms with van der Waals surface area (Å²) in [6.07, 6.45) is 1.78. The van der Waals surface area contributed by atoms with Crippen LogP contribution in [0.4, 0.5) is 5.69 Å². The molecular formula is C21H24N4O3S. The number of hydrogen-bond acceptors (Lipinski definition) is 5. The fourth-order valence-electron chi connectivity index (χ4n) is 3.94. The van der Waals surface area contributed by atoms with E-state index in [4.69, 9.17) is 0 Å². The molecule has 3 N–H and O–H groups in total. The van der Waals surface area contributed by atoms with Crippen LogP contribution < -0.4 is 5.32 Å². The minimum atomic E-state index is -0.844. The Labute approximate surface area is 172 Å². The van der Waals surface area contributed by atoms with Crippen LogP contribution in [0.25, 0.3) is 10.9 Å². The number of nitrogens with zero attached hydrogens (tertiary/aromatic N) is 2. The summed E-state index contributed by atoms with van der Waals surface area (Å²) in [5.74, 6) is -0.983. The van der Waals surface area contributed by atoms with Crippen molar-refractivity contribution >= 4 is 39.8 Å². The number of aromatic nitrogens is 1. The molecular weight excluding hydrogens is 388 g/mol. The molecule has 2 aromatic heterocycles. The van der Waals surface area contributed by atoms with Crippen molar-refractivity contribution in [1.29, 1.82) is 0 Å². The van der Waals surface area contributed by atoms with Gasteiger partial charge >= 0.3 is 5.97 Å². The summed E-state index contributed by atoms with van der Waals surface area (Å²) >= 11 is 1.75. The molecule has 0 aliphatic carbocycles. The lowest BCUT2D eigenvalue weighted by Crippen LogP contribution is -2.48. The highest BCUT2D eigenvalue weighted by Crippen LogP contribution is 2.31. The summed E-state index contributed by atoms with van der Waals surface area (Å²) in [4.78, 5) is 32.4. The SMILES string of the molecule is CC(=O)Nc1ccc2c(C(C(=O)O)N3CCN(Cc4cccs4)CC3)c[nH]c2c1. The van der Waals surface area contributed by atoms with Crippen molar-refractivity contribution in [3.05, 3.63) is 52.3 Å². The zero-order valence-electron chi connectivity index (χ0n) is 16.2. The fourth-order valence-corrected chi connectivity index (χ4v) is 4.69. The molecule has 152 valence electrons. The van der Waals surface area contributed by atoms with E-state index in [0.717, 1.165) is 36.1 Å². The predicted octanol–water partition coefficient (Wildman–Crippen LogP) is 3.13. The quantitative estimate of drug-likeness (QED) is 0.579. The number of carbonyl (C=O) groups excluding carboxylic acids is 1. The molecule has 0 saturated carbocycles. The molecule has 0 radical (unpaired) electrons. The normalized spacial score (nSPS) is 16.7. The van der Waals surface area contributed by atoms with Gasteiger partial charge in [0.15, 0.2) is 0 Å². The zero-order chi connectivity index (χ0) is 20.4. The highest BCUT2D eigenvalue weighted by atomic mass is 32.1. The highest BCUT2D eigenvalue weighted by Gasteiger charge is 2.32. The number of anilines is 1. The van der Waals surface area contributed by atoms with Crippen molar-refractivity contribution in [2.45, 2.75) is 19.5 Å². The second kappa shape index (κ2) is 8.36. The third kappa shape index (κ3) is 4.34. The molecule has 0 bridgehead atoms. The number of nitrogens with one attached hydrogen (secondary N) is 2. The Morgan fingerprint density at radius 1 is 1.24 bits per heavy atom. The monoisotopic (exact) mass is 412 g/mol. The van der Waals surface area contributed by atoms with Crippen LogP contribution in [0, 0.1) is 0 Å². The number of amides is 1. The van der Waals surface area contributed by atoms with Gasteiger partial charge in [0.25, 0.3) is 0 Å². The van der Waals surface area contributed by atoms with Gasteiger partial charge in [0.05, 0.1) is 0 Å². The highest BCUT2D eigenvalue weighted by molar-refractivity contribution is 7.09. The fraction of sp³-hybridized carbons (Fsp3) is 0.333. The van der Waals surface area contributed by atoms with Gasteiger partial charge in [0.1, 0.15) is 6.04 Å². The van der Waals surface area contributed by atoms with E-state index >= 15 is 0 Å². The Balaban J connectivity index is 1.51. The number of fused-ring (bicyclic) bond motifs is 1. The van der Waals surface area contributed by atoms with Crippen LogP contribution in [0.1, 0.15) is 23.4 Å². The standard InChI is InChI=1S/C21H24N4O3S/c1-14(26)23-15-4-5-17-18(12-22-19(17)11-15)20(21(27)28)25-8-6-24(7-9-25)13-16-3-2-10-29-16/h2-5,10-12,20,22H,6-9,13H2,1H3,(H,23,26)(H,27,28). The molecule has 7 nitrogen and oxygen atoms in total. The number of rotatable bonds is 6. The minimum absolute atomic E-state index is 0.139. The van der Waals surface area contributed by atoms with E-state index < -0.39 is 12.0 Å². The Morgan fingerprint density at radius 3 is 2.69 bits per heavy atom. The second-order valence-corrected chi connectivity index (χ2v) is 8.35. The molecule has 3 heterocycles. The van der Waals surface area contributed by atoms with E-state index in [9.17, 15) is 14.7 Å². The molecule has 1 saturated heterocycles. The number of piperazine rings is 1. The lowest BCUT2D eigenvalue weighted by molar-refractivity contribution is -0.144. The Kier molecular flexibility index (Phi) is 5.66. The predicted molar refractivity (Wildman–Crippen MR) is 114 cm³/mol. The average Bonchev–Trinajstić information content (AvgIpc) is 3.33. The number of carboxylic acids is 1. The first-order valence-electron chi connectivity index (χ1n) is 9.61. The van der Waals surface area contributed by atoms with Gasteiger partial charge in [-0.2, -0.15) is 0 Å². The van der Waals surface area contributed by atoms with Gasteiger partial charge in [-0.05, 0) is 23.6 Å². The maximum absolute atomic E-state index is 12.2. The molecule has 3 aromatic rings. The van der Waals surface area contributed by atoms with Gasteiger partial charge in [0.2, 0.25) is 5.91 Å². The number of H-pyrrole nitrogens is 1. The van der Waals surface area contributed by atoms with Crippen LogP contribution >= 0.6 is 11.3 Å². The summed E-state index contributed by atoms with van der Waals surface area (Å²) in [7, 11) is 0. The van der Waals surface area contributed by atoms with Crippen LogP contribution in [-0.4, -0.2) is 57.9 Å². The van der Waals surface area contributed by atoms with Gasteiger partial charge in [-0.1, -0.05) is 12.1 Å². The van der Waals surface area contributed by atoms with Gasteiger partial charge in [-0.25, -0.2) is 0 Å². The zero-order valence-corrected chi connectivity index (χ0v) is 17.0. The second-order valence-electron chi connectivity index (χ2n) is 7.32. The van der Waals surface area contributed by atoms with E-state index in [1.165, 1.54) is 11.8 Å². The van der Waals surface area contributed by atoms with Crippen molar-refractivity contribution in [3.63, 3.8) is 0 Å². The first-order chi connectivity index (χ1) is 14.0. The molecule has 29 heavy (non-hydrogen) atoms. The molecule has 1 unspecified atom stereocenters. The van der Waals surface area contributed by atoms with E-state index in [2.05, 4.69) is 32.7 Å². The first-order valence-corrected chi connectivity index (χ1v) is 10.5. The molecule has 1 amide bonds. The lowest BCUT2D eigenvalue weighted by Gasteiger charge is -2.37. The molecule has 8 heteroatoms. The van der Waals surface area contributed by atoms with Crippen molar-refractivity contribution in [1.82, 2.24) is 14.8 Å². The van der Waals surface area contributed by atoms with Crippen molar-refractivity contribution in [2.75, 3.05) is 31.5 Å². The van der Waals surface area contributed by atoms with Gasteiger partial charge < -0.3 is 15.4 Å². The van der Waals surface area contributed by atoms with Crippen LogP contribution in [0.3, 0.4) is 0 Å². The van der Waals surface area contributed by atoms with Crippen LogP contribution in [0.2, 0.25) is 0 Å². The van der Waals surface area contributed by atoms with Crippen LogP contribution in [-0.2, 0) is 16.1 Å². The van der Waals surface area contributed by atoms with E-state index in [-0.39, 0.29) is 5.91 Å². The first kappa shape index (κ1) is 19.6. The topological polar surface area (TPSA) is 88.7 Å². The van der Waals surface area contributed by atoms with Crippen molar-refractivity contribution < 1.29 is 14.7 Å². The molecule has 1 aliphatic rings. The molecule has 1 aromatic carbocycles. The number of aliphatic carboxylic acids is 1. The van der Waals surface area contributed by atoms with Gasteiger partial charge in [0, 0.05) is 72.9 Å². The largest absolute Gasteiger partial charge is 0.480 e. The number of aromatic amines is 1. The maximum Gasteiger partial charge on any atom is 0.325 e. The summed E-state index contributed by atoms with van der Waals surface area (Å²) in [6.45, 7) is 5.48. The average molecular weight is 413 g/mol.